The van der Waals surface area contributed by atoms with E-state index in [-0.39, 0.29) is 16.3 Å². The van der Waals surface area contributed by atoms with E-state index in [0.29, 0.717) is 5.69 Å². The summed E-state index contributed by atoms with van der Waals surface area (Å²) in [5.74, 6) is -0.391. The van der Waals surface area contributed by atoms with Gasteiger partial charge in [-0.15, -0.1) is 13.2 Å². The first kappa shape index (κ1) is 16.1. The Balaban J connectivity index is 2.32. The third-order valence-electron chi connectivity index (χ3n) is 2.62. The van der Waals surface area contributed by atoms with Crippen LogP contribution in [0, 0.1) is 13.8 Å². The molecule has 22 heavy (non-hydrogen) atoms. The van der Waals surface area contributed by atoms with E-state index in [4.69, 9.17) is 4.52 Å². The van der Waals surface area contributed by atoms with E-state index in [9.17, 15) is 21.6 Å². The molecule has 2 aromatic rings. The van der Waals surface area contributed by atoms with Crippen LogP contribution < -0.4 is 9.46 Å². The average molecular weight is 336 g/mol. The van der Waals surface area contributed by atoms with Crippen LogP contribution in [0.3, 0.4) is 0 Å². The lowest BCUT2D eigenvalue weighted by molar-refractivity contribution is -0.274. The first-order valence-electron chi connectivity index (χ1n) is 5.90. The van der Waals surface area contributed by atoms with E-state index in [1.165, 1.54) is 13.8 Å². The number of anilines is 1. The van der Waals surface area contributed by atoms with Crippen molar-refractivity contribution in [2.75, 3.05) is 4.72 Å². The molecule has 0 bridgehead atoms. The number of aromatic nitrogens is 1. The Hall–Kier alpha value is -2.23. The van der Waals surface area contributed by atoms with Gasteiger partial charge >= 0.3 is 6.36 Å². The highest BCUT2D eigenvalue weighted by Gasteiger charge is 2.31. The second-order valence-corrected chi connectivity index (χ2v) is 6.01. The maximum Gasteiger partial charge on any atom is 0.573 e. The number of halogens is 3. The molecule has 2 rings (SSSR count). The van der Waals surface area contributed by atoms with Gasteiger partial charge in [0, 0.05) is 6.07 Å². The maximum atomic E-state index is 12.2. The molecule has 0 saturated heterocycles. The molecular formula is C12H11F3N2O4S. The Morgan fingerprint density at radius 2 is 1.95 bits per heavy atom. The fourth-order valence-electron chi connectivity index (χ4n) is 1.66. The molecule has 10 heteroatoms. The molecule has 0 amide bonds. The number of rotatable bonds is 4. The van der Waals surface area contributed by atoms with Gasteiger partial charge in [0.25, 0.3) is 10.0 Å². The lowest BCUT2D eigenvalue weighted by Gasteiger charge is -2.11. The van der Waals surface area contributed by atoms with Crippen LogP contribution in [0.4, 0.5) is 18.9 Å². The predicted octanol–water partition coefficient (Wildman–Crippen LogP) is 2.99. The van der Waals surface area contributed by atoms with Crippen LogP contribution in [0.2, 0.25) is 0 Å². The van der Waals surface area contributed by atoms with Gasteiger partial charge in [0.2, 0.25) is 0 Å². The highest BCUT2D eigenvalue weighted by atomic mass is 32.2. The molecule has 0 radical (unpaired) electrons. The van der Waals surface area contributed by atoms with Crippen LogP contribution in [-0.2, 0) is 10.0 Å². The molecule has 1 aromatic carbocycles. The SMILES string of the molecule is Cc1noc(C)c1NS(=O)(=O)c1cccc(OC(F)(F)F)c1. The van der Waals surface area contributed by atoms with Gasteiger partial charge in [-0.05, 0) is 26.0 Å². The summed E-state index contributed by atoms with van der Waals surface area (Å²) in [5, 5.41) is 3.58. The van der Waals surface area contributed by atoms with Crippen LogP contribution >= 0.6 is 0 Å². The highest BCUT2D eigenvalue weighted by Crippen LogP contribution is 2.27. The molecule has 0 atom stereocenters. The van der Waals surface area contributed by atoms with Gasteiger partial charge < -0.3 is 9.26 Å². The first-order chi connectivity index (χ1) is 10.1. The number of aryl methyl sites for hydroxylation is 2. The van der Waals surface area contributed by atoms with Crippen molar-refractivity contribution in [2.24, 2.45) is 0 Å². The quantitative estimate of drug-likeness (QED) is 0.928. The van der Waals surface area contributed by atoms with E-state index >= 15 is 0 Å². The fourth-order valence-corrected chi connectivity index (χ4v) is 2.87. The number of nitrogens with one attached hydrogen (secondary N) is 1. The Labute approximate surface area is 123 Å². The summed E-state index contributed by atoms with van der Waals surface area (Å²) in [4.78, 5) is -0.380. The molecule has 0 saturated carbocycles. The van der Waals surface area contributed by atoms with Gasteiger partial charge in [0.05, 0.1) is 4.90 Å². The summed E-state index contributed by atoms with van der Waals surface area (Å²) in [6.07, 6.45) is -4.91. The fraction of sp³-hybridized carbons (Fsp3) is 0.250. The van der Waals surface area contributed by atoms with Gasteiger partial charge in [-0.3, -0.25) is 4.72 Å². The summed E-state index contributed by atoms with van der Waals surface area (Å²) in [7, 11) is -4.10. The van der Waals surface area contributed by atoms with Crippen molar-refractivity contribution in [1.29, 1.82) is 0 Å². The second kappa shape index (κ2) is 5.52. The molecule has 1 heterocycles. The average Bonchev–Trinajstić information content (AvgIpc) is 2.68. The third-order valence-corrected chi connectivity index (χ3v) is 3.97. The lowest BCUT2D eigenvalue weighted by atomic mass is 10.3. The Morgan fingerprint density at radius 1 is 1.27 bits per heavy atom. The number of ether oxygens (including phenoxy) is 1. The minimum Gasteiger partial charge on any atom is -0.406 e. The molecule has 1 N–H and O–H groups in total. The minimum atomic E-state index is -4.91. The van der Waals surface area contributed by atoms with E-state index in [1.54, 1.807) is 0 Å². The molecule has 120 valence electrons. The zero-order valence-corrected chi connectivity index (χ0v) is 12.2. The molecule has 0 unspecified atom stereocenters. The minimum absolute atomic E-state index is 0.141. The molecule has 0 fully saturated rings. The van der Waals surface area contributed by atoms with Crippen LogP contribution in [0.5, 0.6) is 5.75 Å². The monoisotopic (exact) mass is 336 g/mol. The van der Waals surface area contributed by atoms with E-state index in [0.717, 1.165) is 24.3 Å². The highest BCUT2D eigenvalue weighted by molar-refractivity contribution is 7.92. The normalized spacial score (nSPS) is 12.2. The van der Waals surface area contributed by atoms with Crippen LogP contribution in [0.1, 0.15) is 11.5 Å². The lowest BCUT2D eigenvalue weighted by Crippen LogP contribution is -2.18. The molecule has 6 nitrogen and oxygen atoms in total. The van der Waals surface area contributed by atoms with E-state index in [1.807, 2.05) is 0 Å². The molecule has 0 spiro atoms. The third kappa shape index (κ3) is 3.70. The predicted molar refractivity (Wildman–Crippen MR) is 69.9 cm³/mol. The number of sulfonamides is 1. The smallest absolute Gasteiger partial charge is 0.406 e. The zero-order valence-electron chi connectivity index (χ0n) is 11.4. The summed E-state index contributed by atoms with van der Waals surface area (Å²) in [6.45, 7) is 3.03. The first-order valence-corrected chi connectivity index (χ1v) is 7.38. The van der Waals surface area contributed by atoms with Crippen molar-refractivity contribution in [3.63, 3.8) is 0 Å². The van der Waals surface area contributed by atoms with E-state index < -0.39 is 22.1 Å². The van der Waals surface area contributed by atoms with Gasteiger partial charge in [-0.25, -0.2) is 8.42 Å². The zero-order chi connectivity index (χ0) is 16.5. The van der Waals surface area contributed by atoms with Crippen LogP contribution in [0.15, 0.2) is 33.7 Å². The molecule has 0 aliphatic heterocycles. The van der Waals surface area contributed by atoms with Gasteiger partial charge in [0.15, 0.2) is 5.76 Å². The Morgan fingerprint density at radius 3 is 2.50 bits per heavy atom. The van der Waals surface area contributed by atoms with Crippen molar-refractivity contribution < 1.29 is 30.8 Å². The topological polar surface area (TPSA) is 81.4 Å². The van der Waals surface area contributed by atoms with Gasteiger partial charge in [-0.2, -0.15) is 0 Å². The summed E-state index contributed by atoms with van der Waals surface area (Å²) < 4.78 is 71.7. The number of hydrogen-bond donors (Lipinski definition) is 1. The Kier molecular flexibility index (Phi) is 4.05. The van der Waals surface area contributed by atoms with Crippen molar-refractivity contribution in [2.45, 2.75) is 25.1 Å². The van der Waals surface area contributed by atoms with E-state index in [2.05, 4.69) is 14.6 Å². The van der Waals surface area contributed by atoms with Crippen molar-refractivity contribution in [1.82, 2.24) is 5.16 Å². The summed E-state index contributed by atoms with van der Waals surface area (Å²) in [6, 6.07) is 4.06. The molecular weight excluding hydrogens is 325 g/mol. The molecule has 0 aliphatic rings. The van der Waals surface area contributed by atoms with Crippen LogP contribution in [-0.4, -0.2) is 19.9 Å². The van der Waals surface area contributed by atoms with Gasteiger partial charge in [0.1, 0.15) is 17.1 Å². The number of alkyl halides is 3. The second-order valence-electron chi connectivity index (χ2n) is 4.33. The van der Waals surface area contributed by atoms with Crippen molar-refractivity contribution >= 4 is 15.7 Å². The standard InChI is InChI=1S/C12H11F3N2O4S/c1-7-11(8(2)21-16-7)17-22(18,19)10-5-3-4-9(6-10)20-12(13,14)15/h3-6,17H,1-2H3. The largest absolute Gasteiger partial charge is 0.573 e. The van der Waals surface area contributed by atoms with Crippen LogP contribution in [0.25, 0.3) is 0 Å². The number of nitrogens with zero attached hydrogens (tertiary/aromatic N) is 1. The summed E-state index contributed by atoms with van der Waals surface area (Å²) >= 11 is 0. The molecule has 0 aliphatic carbocycles. The Bertz CT molecular complexity index is 764. The maximum absolute atomic E-state index is 12.2. The summed E-state index contributed by atoms with van der Waals surface area (Å²) in [5.41, 5.74) is 0.450. The van der Waals surface area contributed by atoms with Crippen molar-refractivity contribution in [3.05, 3.63) is 35.7 Å². The molecule has 1 aromatic heterocycles. The van der Waals surface area contributed by atoms with Gasteiger partial charge in [-0.1, -0.05) is 11.2 Å². The van der Waals surface area contributed by atoms with Crippen molar-refractivity contribution in [3.8, 4) is 5.75 Å². The number of hydrogen-bond acceptors (Lipinski definition) is 5. The number of benzene rings is 1.